The summed E-state index contributed by atoms with van der Waals surface area (Å²) in [6, 6.07) is 2.20. The molecular formula is C11H13ClFNO. The Balaban J connectivity index is 2.27. The van der Waals surface area contributed by atoms with E-state index in [2.05, 4.69) is 0 Å². The maximum atomic E-state index is 13.1. The van der Waals surface area contributed by atoms with Gasteiger partial charge < -0.3 is 10.8 Å². The molecule has 0 saturated heterocycles. The van der Waals surface area contributed by atoms with Gasteiger partial charge in [0.15, 0.2) is 11.6 Å². The molecule has 0 amide bonds. The molecule has 3 N–H and O–H groups in total. The van der Waals surface area contributed by atoms with Crippen LogP contribution in [0.25, 0.3) is 0 Å². The van der Waals surface area contributed by atoms with Crippen molar-refractivity contribution in [3.63, 3.8) is 0 Å². The van der Waals surface area contributed by atoms with Crippen molar-refractivity contribution in [1.82, 2.24) is 0 Å². The van der Waals surface area contributed by atoms with E-state index in [0.29, 0.717) is 16.5 Å². The van der Waals surface area contributed by atoms with Gasteiger partial charge in [0.1, 0.15) is 0 Å². The lowest BCUT2D eigenvalue weighted by Crippen LogP contribution is -2.12. The first-order valence-electron chi connectivity index (χ1n) is 5.02. The number of phenolic OH excluding ortho intramolecular Hbond substituents is 1. The number of nitrogens with two attached hydrogens (primary N) is 1. The fourth-order valence-electron chi connectivity index (χ4n) is 1.74. The van der Waals surface area contributed by atoms with Gasteiger partial charge in [-0.15, -0.1) is 0 Å². The number of phenols is 1. The second-order valence-corrected chi connectivity index (χ2v) is 4.48. The second kappa shape index (κ2) is 3.99. The van der Waals surface area contributed by atoms with E-state index in [0.717, 1.165) is 12.5 Å². The highest BCUT2D eigenvalue weighted by Crippen LogP contribution is 2.41. The van der Waals surface area contributed by atoms with Gasteiger partial charge in [0.05, 0.1) is 0 Å². The number of hydrogen-bond donors (Lipinski definition) is 2. The van der Waals surface area contributed by atoms with Crippen molar-refractivity contribution in [2.75, 3.05) is 0 Å². The van der Waals surface area contributed by atoms with E-state index >= 15 is 0 Å². The van der Waals surface area contributed by atoms with E-state index in [1.165, 1.54) is 18.9 Å². The molecule has 1 aromatic carbocycles. The summed E-state index contributed by atoms with van der Waals surface area (Å²) in [4.78, 5) is 0. The third-order valence-corrected chi connectivity index (χ3v) is 3.10. The normalized spacial score (nSPS) is 17.8. The van der Waals surface area contributed by atoms with E-state index in [1.807, 2.05) is 0 Å². The maximum Gasteiger partial charge on any atom is 0.165 e. The summed E-state index contributed by atoms with van der Waals surface area (Å²) in [6.45, 7) is 0. The highest BCUT2D eigenvalue weighted by Gasteiger charge is 2.27. The zero-order chi connectivity index (χ0) is 11.0. The summed E-state index contributed by atoms with van der Waals surface area (Å²) >= 11 is 5.89. The van der Waals surface area contributed by atoms with Crippen LogP contribution in [0, 0.1) is 11.7 Å². The number of benzene rings is 1. The Labute approximate surface area is 92.9 Å². The van der Waals surface area contributed by atoms with Gasteiger partial charge in [0.2, 0.25) is 0 Å². The molecule has 0 aliphatic heterocycles. The van der Waals surface area contributed by atoms with E-state index in [9.17, 15) is 9.50 Å². The molecule has 1 saturated carbocycles. The third-order valence-electron chi connectivity index (χ3n) is 2.77. The lowest BCUT2D eigenvalue weighted by molar-refractivity contribution is 0.417. The van der Waals surface area contributed by atoms with E-state index in [1.54, 1.807) is 0 Å². The molecule has 0 unspecified atom stereocenters. The average molecular weight is 230 g/mol. The predicted octanol–water partition coefficient (Wildman–Crippen LogP) is 2.98. The summed E-state index contributed by atoms with van der Waals surface area (Å²) in [5, 5.41) is 9.88. The molecular weight excluding hydrogens is 217 g/mol. The predicted molar refractivity (Wildman–Crippen MR) is 57.3 cm³/mol. The third kappa shape index (κ3) is 2.24. The minimum atomic E-state index is -0.666. The molecule has 0 spiro atoms. The highest BCUT2D eigenvalue weighted by molar-refractivity contribution is 6.31. The maximum absolute atomic E-state index is 13.1. The molecule has 1 aromatic rings. The van der Waals surface area contributed by atoms with Crippen molar-refractivity contribution in [3.8, 4) is 5.75 Å². The van der Waals surface area contributed by atoms with Crippen LogP contribution in [0.3, 0.4) is 0 Å². The smallest absolute Gasteiger partial charge is 0.165 e. The Bertz CT molecular complexity index is 379. The van der Waals surface area contributed by atoms with Gasteiger partial charge in [0.25, 0.3) is 0 Å². The molecule has 4 heteroatoms. The Morgan fingerprint density at radius 3 is 2.80 bits per heavy atom. The molecule has 1 fully saturated rings. The topological polar surface area (TPSA) is 46.2 Å². The van der Waals surface area contributed by atoms with Crippen LogP contribution in [0.4, 0.5) is 4.39 Å². The van der Waals surface area contributed by atoms with Gasteiger partial charge >= 0.3 is 0 Å². The average Bonchev–Trinajstić information content (AvgIpc) is 2.96. The molecule has 0 heterocycles. The van der Waals surface area contributed by atoms with Crippen LogP contribution in [0.15, 0.2) is 12.1 Å². The van der Waals surface area contributed by atoms with Crippen molar-refractivity contribution in [2.24, 2.45) is 11.7 Å². The molecule has 0 radical (unpaired) electrons. The van der Waals surface area contributed by atoms with Crippen molar-refractivity contribution in [2.45, 2.75) is 25.3 Å². The molecule has 1 aliphatic rings. The van der Waals surface area contributed by atoms with Crippen molar-refractivity contribution < 1.29 is 9.50 Å². The van der Waals surface area contributed by atoms with Crippen molar-refractivity contribution in [3.05, 3.63) is 28.5 Å². The highest BCUT2D eigenvalue weighted by atomic mass is 35.5. The van der Waals surface area contributed by atoms with Gasteiger partial charge in [-0.3, -0.25) is 0 Å². The Morgan fingerprint density at radius 1 is 1.53 bits per heavy atom. The van der Waals surface area contributed by atoms with E-state index in [4.69, 9.17) is 17.3 Å². The number of rotatable bonds is 3. The molecule has 15 heavy (non-hydrogen) atoms. The summed E-state index contributed by atoms with van der Waals surface area (Å²) in [7, 11) is 0. The van der Waals surface area contributed by atoms with Crippen LogP contribution < -0.4 is 5.73 Å². The standard InChI is InChI=1S/C11H13ClFNO/c12-7-3-4-8(13)11(15)10(7)9(14)5-6-1-2-6/h3-4,6,9,15H,1-2,5,14H2/t9-/m1/s1. The molecule has 2 nitrogen and oxygen atoms in total. The van der Waals surface area contributed by atoms with Crippen LogP contribution in [0.5, 0.6) is 5.75 Å². The monoisotopic (exact) mass is 229 g/mol. The molecule has 82 valence electrons. The van der Waals surface area contributed by atoms with Crippen LogP contribution in [-0.4, -0.2) is 5.11 Å². The first-order valence-corrected chi connectivity index (χ1v) is 5.40. The Morgan fingerprint density at radius 2 is 2.20 bits per heavy atom. The Hall–Kier alpha value is -0.800. The van der Waals surface area contributed by atoms with Gasteiger partial charge in [0, 0.05) is 16.6 Å². The quantitative estimate of drug-likeness (QED) is 0.837. The zero-order valence-corrected chi connectivity index (χ0v) is 8.97. The lowest BCUT2D eigenvalue weighted by atomic mass is 10.0. The first-order chi connectivity index (χ1) is 7.09. The largest absolute Gasteiger partial charge is 0.505 e. The van der Waals surface area contributed by atoms with E-state index in [-0.39, 0.29) is 6.04 Å². The lowest BCUT2D eigenvalue weighted by Gasteiger charge is -2.15. The van der Waals surface area contributed by atoms with Gasteiger partial charge in [-0.05, 0) is 24.5 Å². The summed E-state index contributed by atoms with van der Waals surface area (Å²) < 4.78 is 13.1. The summed E-state index contributed by atoms with van der Waals surface area (Å²) in [6.07, 6.45) is 3.10. The van der Waals surface area contributed by atoms with Crippen LogP contribution in [0.1, 0.15) is 30.9 Å². The second-order valence-electron chi connectivity index (χ2n) is 4.08. The first kappa shape index (κ1) is 10.7. The molecule has 1 aliphatic carbocycles. The SMILES string of the molecule is N[C@H](CC1CC1)c1c(Cl)ccc(F)c1O. The fraction of sp³-hybridized carbons (Fsp3) is 0.455. The molecule has 0 aromatic heterocycles. The Kier molecular flexibility index (Phi) is 2.85. The number of aromatic hydroxyl groups is 1. The molecule has 1 atom stereocenters. The summed E-state index contributed by atoms with van der Waals surface area (Å²) in [5.41, 5.74) is 6.23. The van der Waals surface area contributed by atoms with Crippen LogP contribution in [-0.2, 0) is 0 Å². The summed E-state index contributed by atoms with van der Waals surface area (Å²) in [5.74, 6) is -0.463. The minimum Gasteiger partial charge on any atom is -0.505 e. The molecule has 0 bridgehead atoms. The van der Waals surface area contributed by atoms with Gasteiger partial charge in [-0.2, -0.15) is 0 Å². The number of hydrogen-bond acceptors (Lipinski definition) is 2. The van der Waals surface area contributed by atoms with Gasteiger partial charge in [-0.25, -0.2) is 4.39 Å². The van der Waals surface area contributed by atoms with Gasteiger partial charge in [-0.1, -0.05) is 24.4 Å². The van der Waals surface area contributed by atoms with Crippen LogP contribution in [0.2, 0.25) is 5.02 Å². The zero-order valence-electron chi connectivity index (χ0n) is 8.21. The van der Waals surface area contributed by atoms with Crippen molar-refractivity contribution >= 4 is 11.6 Å². The minimum absolute atomic E-state index is 0.335. The fourth-order valence-corrected chi connectivity index (χ4v) is 2.03. The van der Waals surface area contributed by atoms with Crippen LogP contribution >= 0.6 is 11.6 Å². The number of halogens is 2. The van der Waals surface area contributed by atoms with Crippen molar-refractivity contribution in [1.29, 1.82) is 0 Å². The molecule has 2 rings (SSSR count). The van der Waals surface area contributed by atoms with E-state index < -0.39 is 11.6 Å².